The van der Waals surface area contributed by atoms with Crippen molar-refractivity contribution < 1.29 is 18.9 Å². The highest BCUT2D eigenvalue weighted by Crippen LogP contribution is 2.38. The van der Waals surface area contributed by atoms with Crippen molar-refractivity contribution in [2.75, 3.05) is 19.6 Å². The van der Waals surface area contributed by atoms with Gasteiger partial charge in [0.25, 0.3) is 11.6 Å². The number of carbonyl (C=O) groups excluding carboxylic acids is 2. The second-order valence-electron chi connectivity index (χ2n) is 7.87. The van der Waals surface area contributed by atoms with Gasteiger partial charge in [-0.3, -0.25) is 19.7 Å². The summed E-state index contributed by atoms with van der Waals surface area (Å²) in [6.07, 6.45) is 2.20. The number of non-ortho nitro benzene ring substituents is 1. The van der Waals surface area contributed by atoms with Crippen molar-refractivity contribution in [3.63, 3.8) is 0 Å². The number of nitro groups is 1. The van der Waals surface area contributed by atoms with Gasteiger partial charge in [-0.2, -0.15) is 0 Å². The number of benzene rings is 2. The largest absolute Gasteiger partial charge is 0.330 e. The highest BCUT2D eigenvalue weighted by molar-refractivity contribution is 7.10. The van der Waals surface area contributed by atoms with Crippen LogP contribution >= 0.6 is 11.3 Å². The smallest absolute Gasteiger partial charge is 0.270 e. The first kappa shape index (κ1) is 23.3. The van der Waals surface area contributed by atoms with Gasteiger partial charge in [0.2, 0.25) is 5.91 Å². The maximum Gasteiger partial charge on any atom is 0.270 e. The molecule has 0 N–H and O–H groups in total. The summed E-state index contributed by atoms with van der Waals surface area (Å²) in [5.41, 5.74) is 1.71. The van der Waals surface area contributed by atoms with Gasteiger partial charge in [-0.05, 0) is 47.2 Å². The molecule has 7 nitrogen and oxygen atoms in total. The molecule has 1 atom stereocenters. The van der Waals surface area contributed by atoms with Crippen molar-refractivity contribution in [3.05, 3.63) is 110 Å². The molecule has 0 radical (unpaired) electrons. The average molecular weight is 480 g/mol. The molecule has 0 fully saturated rings. The van der Waals surface area contributed by atoms with Crippen molar-refractivity contribution in [1.29, 1.82) is 0 Å². The molecule has 2 aromatic carbocycles. The highest BCUT2D eigenvalue weighted by Gasteiger charge is 2.34. The fourth-order valence-corrected chi connectivity index (χ4v) is 5.06. The van der Waals surface area contributed by atoms with E-state index in [1.165, 1.54) is 52.3 Å². The number of halogens is 1. The zero-order valence-corrected chi connectivity index (χ0v) is 19.0. The van der Waals surface area contributed by atoms with Crippen LogP contribution in [0.4, 0.5) is 10.1 Å². The molecule has 0 saturated heterocycles. The number of amides is 2. The van der Waals surface area contributed by atoms with E-state index in [1.54, 1.807) is 28.4 Å². The zero-order chi connectivity index (χ0) is 24.2. The van der Waals surface area contributed by atoms with Gasteiger partial charge in [0.15, 0.2) is 0 Å². The molecular weight excluding hydrogens is 457 g/mol. The molecule has 0 saturated carbocycles. The van der Waals surface area contributed by atoms with Crippen molar-refractivity contribution in [3.8, 4) is 0 Å². The first-order valence-corrected chi connectivity index (χ1v) is 11.5. The summed E-state index contributed by atoms with van der Waals surface area (Å²) in [7, 11) is 0. The standard InChI is InChI=1S/C25H22FN3O4S/c1-2-12-27(25(31)18-4-3-5-20(15-18)29(32)33)16-23(30)28-13-10-22-21(11-14-34-22)24(28)17-6-8-19(26)9-7-17/h2-9,11,14-15,24H,1,10,12-13,16H2. The van der Waals surface area contributed by atoms with Crippen molar-refractivity contribution in [2.45, 2.75) is 12.5 Å². The molecule has 34 heavy (non-hydrogen) atoms. The summed E-state index contributed by atoms with van der Waals surface area (Å²) < 4.78 is 13.6. The summed E-state index contributed by atoms with van der Waals surface area (Å²) in [4.78, 5) is 41.4. The molecule has 0 bridgehead atoms. The summed E-state index contributed by atoms with van der Waals surface area (Å²) in [5, 5.41) is 13.1. The van der Waals surface area contributed by atoms with E-state index in [1.807, 2.05) is 11.4 Å². The van der Waals surface area contributed by atoms with Crippen LogP contribution in [0.25, 0.3) is 0 Å². The van der Waals surface area contributed by atoms with E-state index in [4.69, 9.17) is 0 Å². The van der Waals surface area contributed by atoms with Crippen LogP contribution in [-0.2, 0) is 11.2 Å². The lowest BCUT2D eigenvalue weighted by molar-refractivity contribution is -0.384. The Labute approximate surface area is 199 Å². The third-order valence-electron chi connectivity index (χ3n) is 5.74. The number of hydrogen-bond acceptors (Lipinski definition) is 5. The van der Waals surface area contributed by atoms with Gasteiger partial charge in [-0.1, -0.05) is 24.3 Å². The number of nitrogens with zero attached hydrogens (tertiary/aromatic N) is 3. The van der Waals surface area contributed by atoms with Crippen LogP contribution in [-0.4, -0.2) is 46.2 Å². The van der Waals surface area contributed by atoms with Crippen LogP contribution < -0.4 is 0 Å². The predicted molar refractivity (Wildman–Crippen MR) is 127 cm³/mol. The van der Waals surface area contributed by atoms with Crippen LogP contribution in [0.2, 0.25) is 0 Å². The van der Waals surface area contributed by atoms with Gasteiger partial charge in [0.1, 0.15) is 12.4 Å². The van der Waals surface area contributed by atoms with Crippen molar-refractivity contribution >= 4 is 28.8 Å². The number of hydrogen-bond donors (Lipinski definition) is 0. The van der Waals surface area contributed by atoms with Gasteiger partial charge >= 0.3 is 0 Å². The van der Waals surface area contributed by atoms with Gasteiger partial charge in [0.05, 0.1) is 11.0 Å². The number of thiophene rings is 1. The minimum atomic E-state index is -0.570. The number of rotatable bonds is 7. The van der Waals surface area contributed by atoms with E-state index in [-0.39, 0.29) is 42.1 Å². The van der Waals surface area contributed by atoms with E-state index in [2.05, 4.69) is 6.58 Å². The van der Waals surface area contributed by atoms with Crippen LogP contribution in [0.15, 0.2) is 72.6 Å². The first-order chi connectivity index (χ1) is 16.4. The topological polar surface area (TPSA) is 83.8 Å². The summed E-state index contributed by atoms with van der Waals surface area (Å²) in [5.74, 6) is -1.13. The maximum absolute atomic E-state index is 13.6. The normalized spacial score (nSPS) is 14.9. The molecule has 0 aliphatic carbocycles. The summed E-state index contributed by atoms with van der Waals surface area (Å²) in [6, 6.07) is 13.1. The lowest BCUT2D eigenvalue weighted by Crippen LogP contribution is -2.46. The van der Waals surface area contributed by atoms with E-state index < -0.39 is 10.8 Å². The first-order valence-electron chi connectivity index (χ1n) is 10.6. The molecule has 4 rings (SSSR count). The number of fused-ring (bicyclic) bond motifs is 1. The van der Waals surface area contributed by atoms with Gasteiger partial charge in [0, 0.05) is 35.7 Å². The molecule has 1 aliphatic heterocycles. The quantitative estimate of drug-likeness (QED) is 0.282. The van der Waals surface area contributed by atoms with Crippen LogP contribution in [0.3, 0.4) is 0 Å². The Bertz CT molecular complexity index is 1240. The average Bonchev–Trinajstić information content (AvgIpc) is 3.32. The second-order valence-corrected chi connectivity index (χ2v) is 8.87. The van der Waals surface area contributed by atoms with E-state index in [0.29, 0.717) is 13.0 Å². The molecule has 0 spiro atoms. The summed E-state index contributed by atoms with van der Waals surface area (Å²) in [6.45, 7) is 4.02. The molecule has 1 aliphatic rings. The Hall–Kier alpha value is -3.85. The van der Waals surface area contributed by atoms with Gasteiger partial charge in [-0.25, -0.2) is 4.39 Å². The number of carbonyl (C=O) groups is 2. The van der Waals surface area contributed by atoms with Crippen LogP contribution in [0.5, 0.6) is 0 Å². The summed E-state index contributed by atoms with van der Waals surface area (Å²) >= 11 is 1.62. The Morgan fingerprint density at radius 2 is 2.00 bits per heavy atom. The minimum absolute atomic E-state index is 0.103. The van der Waals surface area contributed by atoms with Crippen molar-refractivity contribution in [1.82, 2.24) is 9.80 Å². The van der Waals surface area contributed by atoms with Crippen LogP contribution in [0.1, 0.15) is 32.4 Å². The Morgan fingerprint density at radius 1 is 1.24 bits per heavy atom. The third kappa shape index (κ3) is 4.74. The monoisotopic (exact) mass is 479 g/mol. The molecule has 1 aromatic heterocycles. The molecule has 174 valence electrons. The third-order valence-corrected chi connectivity index (χ3v) is 6.74. The fourth-order valence-electron chi connectivity index (χ4n) is 4.15. The van der Waals surface area contributed by atoms with Crippen molar-refractivity contribution in [2.24, 2.45) is 0 Å². The van der Waals surface area contributed by atoms with Crippen LogP contribution in [0, 0.1) is 15.9 Å². The molecule has 9 heteroatoms. The van der Waals surface area contributed by atoms with E-state index >= 15 is 0 Å². The fraction of sp³-hybridized carbons (Fsp3) is 0.200. The second kappa shape index (κ2) is 9.96. The zero-order valence-electron chi connectivity index (χ0n) is 18.2. The molecule has 1 unspecified atom stereocenters. The van der Waals surface area contributed by atoms with Gasteiger partial charge < -0.3 is 9.80 Å². The Balaban J connectivity index is 1.61. The van der Waals surface area contributed by atoms with E-state index in [9.17, 15) is 24.1 Å². The Morgan fingerprint density at radius 3 is 2.71 bits per heavy atom. The van der Waals surface area contributed by atoms with E-state index in [0.717, 1.165) is 11.1 Å². The molecule has 3 aromatic rings. The lowest BCUT2D eigenvalue weighted by atomic mass is 9.93. The van der Waals surface area contributed by atoms with Gasteiger partial charge in [-0.15, -0.1) is 17.9 Å². The highest BCUT2D eigenvalue weighted by atomic mass is 32.1. The molecular formula is C25H22FN3O4S. The molecule has 2 amide bonds. The lowest BCUT2D eigenvalue weighted by Gasteiger charge is -2.37. The molecule has 2 heterocycles. The predicted octanol–water partition coefficient (Wildman–Crippen LogP) is 4.60. The SMILES string of the molecule is C=CCN(CC(=O)N1CCc2sccc2C1c1ccc(F)cc1)C(=O)c1cccc([N+](=O)[O-])c1. The maximum atomic E-state index is 13.6. The number of nitro benzene ring substituents is 1. The minimum Gasteiger partial charge on any atom is -0.330 e. The Kier molecular flexibility index (Phi) is 6.83.